The largest absolute Gasteiger partial charge is 0.324 e. The van der Waals surface area contributed by atoms with Crippen molar-refractivity contribution in [1.82, 2.24) is 4.90 Å². The van der Waals surface area contributed by atoms with Gasteiger partial charge in [0.25, 0.3) is 0 Å². The second kappa shape index (κ2) is 7.34. The van der Waals surface area contributed by atoms with Crippen LogP contribution in [0.2, 0.25) is 0 Å². The van der Waals surface area contributed by atoms with Crippen molar-refractivity contribution in [3.05, 3.63) is 59.9 Å². The van der Waals surface area contributed by atoms with Gasteiger partial charge in [-0.05, 0) is 43.5 Å². The number of benzene rings is 2. The molecule has 2 N–H and O–H groups in total. The molecule has 3 rings (SSSR count). The molecule has 0 aromatic heterocycles. The molecule has 1 aliphatic rings. The highest BCUT2D eigenvalue weighted by Crippen LogP contribution is 2.22. The van der Waals surface area contributed by atoms with Gasteiger partial charge in [-0.1, -0.05) is 30.3 Å². The van der Waals surface area contributed by atoms with Gasteiger partial charge >= 0.3 is 6.03 Å². The lowest BCUT2D eigenvalue weighted by molar-refractivity contribution is -0.119. The van der Waals surface area contributed by atoms with Gasteiger partial charge in [0, 0.05) is 12.2 Å². The van der Waals surface area contributed by atoms with Crippen molar-refractivity contribution in [3.8, 4) is 0 Å². The standard InChI is InChI=1S/C19H20FN3O2/c1-13-7-2-4-9-15(13)21-18(24)17-11-6-12-23(17)19(25)22-16-10-5-3-8-14(16)20/h2-5,7-10,17H,6,11-12H2,1H3,(H,21,24)(H,22,25). The van der Waals surface area contributed by atoms with Crippen molar-refractivity contribution >= 4 is 23.3 Å². The Kier molecular flexibility index (Phi) is 4.97. The Morgan fingerprint density at radius 1 is 1.04 bits per heavy atom. The summed E-state index contributed by atoms with van der Waals surface area (Å²) < 4.78 is 13.7. The van der Waals surface area contributed by atoms with Crippen LogP contribution in [0.4, 0.5) is 20.6 Å². The summed E-state index contributed by atoms with van der Waals surface area (Å²) >= 11 is 0. The van der Waals surface area contributed by atoms with Crippen molar-refractivity contribution in [2.45, 2.75) is 25.8 Å². The predicted molar refractivity (Wildman–Crippen MR) is 95.0 cm³/mol. The molecule has 0 bridgehead atoms. The first-order valence-electron chi connectivity index (χ1n) is 8.25. The van der Waals surface area contributed by atoms with Gasteiger partial charge in [0.05, 0.1) is 5.69 Å². The summed E-state index contributed by atoms with van der Waals surface area (Å²) in [7, 11) is 0. The van der Waals surface area contributed by atoms with Crippen LogP contribution in [-0.2, 0) is 4.79 Å². The second-order valence-corrected chi connectivity index (χ2v) is 6.07. The number of aryl methyl sites for hydroxylation is 1. The van der Waals surface area contributed by atoms with Crippen LogP contribution in [0.3, 0.4) is 0 Å². The molecule has 5 nitrogen and oxygen atoms in total. The summed E-state index contributed by atoms with van der Waals surface area (Å²) in [5.74, 6) is -0.730. The van der Waals surface area contributed by atoms with Crippen LogP contribution in [-0.4, -0.2) is 29.4 Å². The molecule has 1 atom stereocenters. The molecule has 0 spiro atoms. The van der Waals surface area contributed by atoms with Gasteiger partial charge in [-0.25, -0.2) is 9.18 Å². The third-order valence-corrected chi connectivity index (χ3v) is 4.33. The maximum Gasteiger partial charge on any atom is 0.322 e. The van der Waals surface area contributed by atoms with E-state index in [9.17, 15) is 14.0 Å². The minimum Gasteiger partial charge on any atom is -0.324 e. The molecule has 1 fully saturated rings. The average Bonchev–Trinajstić information content (AvgIpc) is 3.09. The maximum atomic E-state index is 13.7. The van der Waals surface area contributed by atoms with E-state index in [-0.39, 0.29) is 11.6 Å². The van der Waals surface area contributed by atoms with Crippen LogP contribution in [0.5, 0.6) is 0 Å². The smallest absolute Gasteiger partial charge is 0.322 e. The van der Waals surface area contributed by atoms with E-state index in [1.54, 1.807) is 12.1 Å². The van der Waals surface area contributed by atoms with Gasteiger partial charge < -0.3 is 15.5 Å². The van der Waals surface area contributed by atoms with E-state index in [0.29, 0.717) is 13.0 Å². The zero-order valence-electron chi connectivity index (χ0n) is 14.0. The Labute approximate surface area is 145 Å². The lowest BCUT2D eigenvalue weighted by atomic mass is 10.1. The zero-order valence-corrected chi connectivity index (χ0v) is 14.0. The minimum absolute atomic E-state index is 0.109. The maximum absolute atomic E-state index is 13.7. The summed E-state index contributed by atoms with van der Waals surface area (Å²) in [6, 6.07) is 12.4. The van der Waals surface area contributed by atoms with E-state index in [0.717, 1.165) is 17.7 Å². The van der Waals surface area contributed by atoms with Gasteiger partial charge in [-0.2, -0.15) is 0 Å². The van der Waals surface area contributed by atoms with Crippen molar-refractivity contribution in [1.29, 1.82) is 0 Å². The van der Waals surface area contributed by atoms with Crippen molar-refractivity contribution in [2.24, 2.45) is 0 Å². The molecule has 0 saturated carbocycles. The average molecular weight is 341 g/mol. The first kappa shape index (κ1) is 17.0. The van der Waals surface area contributed by atoms with Crippen LogP contribution >= 0.6 is 0 Å². The summed E-state index contributed by atoms with van der Waals surface area (Å²) in [5.41, 5.74) is 1.79. The number of rotatable bonds is 3. The number of nitrogens with zero attached hydrogens (tertiary/aromatic N) is 1. The SMILES string of the molecule is Cc1ccccc1NC(=O)C1CCCN1C(=O)Nc1ccccc1F. The van der Waals surface area contributed by atoms with Gasteiger partial charge in [0.15, 0.2) is 0 Å². The lowest BCUT2D eigenvalue weighted by Gasteiger charge is -2.24. The van der Waals surface area contributed by atoms with Crippen molar-refractivity contribution in [2.75, 3.05) is 17.2 Å². The number of hydrogen-bond donors (Lipinski definition) is 2. The van der Waals surface area contributed by atoms with Gasteiger partial charge in [-0.3, -0.25) is 4.79 Å². The van der Waals surface area contributed by atoms with Crippen LogP contribution < -0.4 is 10.6 Å². The van der Waals surface area contributed by atoms with E-state index in [1.165, 1.54) is 17.0 Å². The molecule has 1 unspecified atom stereocenters. The first-order chi connectivity index (χ1) is 12.1. The van der Waals surface area contributed by atoms with Crippen LogP contribution in [0.1, 0.15) is 18.4 Å². The van der Waals surface area contributed by atoms with Crippen LogP contribution in [0.15, 0.2) is 48.5 Å². The van der Waals surface area contributed by atoms with Gasteiger partial charge in [0.1, 0.15) is 11.9 Å². The third-order valence-electron chi connectivity index (χ3n) is 4.33. The molecular weight excluding hydrogens is 321 g/mol. The number of para-hydroxylation sites is 2. The predicted octanol–water partition coefficient (Wildman–Crippen LogP) is 3.77. The Hall–Kier alpha value is -2.89. The Balaban J connectivity index is 1.69. The monoisotopic (exact) mass is 341 g/mol. The van der Waals surface area contributed by atoms with E-state index < -0.39 is 17.9 Å². The number of carbonyl (C=O) groups excluding carboxylic acids is 2. The zero-order chi connectivity index (χ0) is 17.8. The quantitative estimate of drug-likeness (QED) is 0.893. The molecule has 0 aliphatic carbocycles. The Bertz CT molecular complexity index is 728. The molecule has 1 aliphatic heterocycles. The molecule has 6 heteroatoms. The lowest BCUT2D eigenvalue weighted by Crippen LogP contribution is -2.45. The fourth-order valence-corrected chi connectivity index (χ4v) is 2.96. The molecule has 1 heterocycles. The molecule has 130 valence electrons. The summed E-state index contributed by atoms with van der Waals surface area (Å²) in [4.78, 5) is 26.5. The number of likely N-dealkylation sites (tertiary alicyclic amines) is 1. The van der Waals surface area contributed by atoms with Crippen molar-refractivity contribution < 1.29 is 14.0 Å². The number of urea groups is 1. The molecular formula is C19H20FN3O2. The van der Waals surface area contributed by atoms with E-state index in [1.807, 2.05) is 31.2 Å². The summed E-state index contributed by atoms with van der Waals surface area (Å²) in [6.45, 7) is 2.37. The van der Waals surface area contributed by atoms with E-state index >= 15 is 0 Å². The Morgan fingerprint density at radius 2 is 1.72 bits per heavy atom. The highest BCUT2D eigenvalue weighted by atomic mass is 19.1. The molecule has 25 heavy (non-hydrogen) atoms. The first-order valence-corrected chi connectivity index (χ1v) is 8.25. The van der Waals surface area contributed by atoms with Crippen LogP contribution in [0.25, 0.3) is 0 Å². The molecule has 2 aromatic carbocycles. The number of carbonyl (C=O) groups is 2. The van der Waals surface area contributed by atoms with Gasteiger partial charge in [0.2, 0.25) is 5.91 Å². The van der Waals surface area contributed by atoms with Gasteiger partial charge in [-0.15, -0.1) is 0 Å². The van der Waals surface area contributed by atoms with Crippen LogP contribution in [0, 0.1) is 12.7 Å². The highest BCUT2D eigenvalue weighted by Gasteiger charge is 2.34. The third kappa shape index (κ3) is 3.79. The topological polar surface area (TPSA) is 61.4 Å². The van der Waals surface area contributed by atoms with Crippen molar-refractivity contribution in [3.63, 3.8) is 0 Å². The van der Waals surface area contributed by atoms with E-state index in [4.69, 9.17) is 0 Å². The molecule has 3 amide bonds. The number of hydrogen-bond acceptors (Lipinski definition) is 2. The minimum atomic E-state index is -0.564. The normalized spacial score (nSPS) is 16.6. The van der Waals surface area contributed by atoms with E-state index in [2.05, 4.69) is 10.6 Å². The molecule has 0 radical (unpaired) electrons. The Morgan fingerprint density at radius 3 is 2.44 bits per heavy atom. The second-order valence-electron chi connectivity index (χ2n) is 6.07. The fourth-order valence-electron chi connectivity index (χ4n) is 2.96. The number of amides is 3. The molecule has 2 aromatic rings. The molecule has 1 saturated heterocycles. The summed E-state index contributed by atoms with van der Waals surface area (Å²) in [6.07, 6.45) is 1.32. The number of nitrogens with one attached hydrogen (secondary N) is 2. The number of anilines is 2. The summed E-state index contributed by atoms with van der Waals surface area (Å²) in [5, 5.41) is 5.42. The highest BCUT2D eigenvalue weighted by molar-refractivity contribution is 6.00. The number of halogens is 1. The fraction of sp³-hybridized carbons (Fsp3) is 0.263.